The van der Waals surface area contributed by atoms with E-state index in [0.29, 0.717) is 21.7 Å². The van der Waals surface area contributed by atoms with Gasteiger partial charge in [0, 0.05) is 6.04 Å². The highest BCUT2D eigenvalue weighted by atomic mass is 35.5. The average molecular weight is 344 g/mol. The molecule has 3 nitrogen and oxygen atoms in total. The third-order valence-electron chi connectivity index (χ3n) is 4.78. The van der Waals surface area contributed by atoms with Gasteiger partial charge in [0.15, 0.2) is 5.75 Å². The van der Waals surface area contributed by atoms with Crippen LogP contribution < -0.4 is 4.74 Å². The van der Waals surface area contributed by atoms with Crippen molar-refractivity contribution in [1.82, 2.24) is 4.90 Å². The lowest BCUT2D eigenvalue weighted by Crippen LogP contribution is -2.58. The second kappa shape index (κ2) is 6.56. The van der Waals surface area contributed by atoms with Gasteiger partial charge in [-0.05, 0) is 69.8 Å². The predicted octanol–water partition coefficient (Wildman–Crippen LogP) is 3.78. The van der Waals surface area contributed by atoms with Gasteiger partial charge in [-0.2, -0.15) is 0 Å². The summed E-state index contributed by atoms with van der Waals surface area (Å²) in [5.41, 5.74) is 1.06. The summed E-state index contributed by atoms with van der Waals surface area (Å²) in [6, 6.07) is 4.01. The predicted molar refractivity (Wildman–Crippen MR) is 90.0 cm³/mol. The molecule has 1 N–H and O–H groups in total. The number of benzene rings is 1. The Morgan fingerprint density at radius 1 is 1.23 bits per heavy atom. The molecule has 1 aromatic carbocycles. The third kappa shape index (κ3) is 3.23. The Hall–Kier alpha value is -0.480. The number of fused-ring (bicyclic) bond motifs is 3. The van der Waals surface area contributed by atoms with Crippen molar-refractivity contribution in [2.24, 2.45) is 5.92 Å². The zero-order valence-corrected chi connectivity index (χ0v) is 14.6. The van der Waals surface area contributed by atoms with Crippen LogP contribution >= 0.6 is 23.2 Å². The minimum Gasteiger partial charge on any atom is -0.488 e. The van der Waals surface area contributed by atoms with E-state index in [2.05, 4.69) is 4.90 Å². The number of halogens is 2. The van der Waals surface area contributed by atoms with Crippen LogP contribution in [0.15, 0.2) is 12.1 Å². The van der Waals surface area contributed by atoms with E-state index in [1.165, 1.54) is 0 Å². The van der Waals surface area contributed by atoms with Crippen LogP contribution in [-0.2, 0) is 6.42 Å². The molecular formula is C17H23Cl2NO2. The molecule has 0 amide bonds. The van der Waals surface area contributed by atoms with Crippen molar-refractivity contribution in [1.29, 1.82) is 0 Å². The lowest BCUT2D eigenvalue weighted by molar-refractivity contribution is -0.0715. The first-order valence-electron chi connectivity index (χ1n) is 8.02. The Morgan fingerprint density at radius 2 is 1.82 bits per heavy atom. The van der Waals surface area contributed by atoms with Crippen molar-refractivity contribution >= 4 is 23.2 Å². The summed E-state index contributed by atoms with van der Waals surface area (Å²) < 4.78 is 5.67. The summed E-state index contributed by atoms with van der Waals surface area (Å²) in [6.45, 7) is 6.07. The smallest absolute Gasteiger partial charge is 0.156 e. The minimum absolute atomic E-state index is 0.0304. The number of hydrogen-bond donors (Lipinski definition) is 1. The van der Waals surface area contributed by atoms with Crippen LogP contribution in [0, 0.1) is 5.92 Å². The van der Waals surface area contributed by atoms with Crippen molar-refractivity contribution in [3.63, 3.8) is 0 Å². The van der Waals surface area contributed by atoms with E-state index in [1.807, 2.05) is 26.0 Å². The largest absolute Gasteiger partial charge is 0.488 e. The Labute approximate surface area is 142 Å². The van der Waals surface area contributed by atoms with Gasteiger partial charge in [-0.15, -0.1) is 0 Å². The molecule has 3 saturated heterocycles. The number of aliphatic hydroxyl groups excluding tert-OH is 1. The number of ether oxygens (including phenoxy) is 1. The SMILES string of the molecule is CC(C)Oc1c(Cl)cc(CC2C(O)C3CCN2CC3)cc1Cl. The molecule has 22 heavy (non-hydrogen) atoms. The molecule has 3 aliphatic rings. The molecule has 0 aromatic heterocycles. The molecule has 4 rings (SSSR count). The standard InChI is InChI=1S/C17H23Cl2NO2/c1-10(2)22-17-13(18)7-11(8-14(17)19)9-15-16(21)12-3-5-20(15)6-4-12/h7-8,10,12,15-16,21H,3-6,9H2,1-2H3. The van der Waals surface area contributed by atoms with Crippen LogP contribution in [-0.4, -0.2) is 41.3 Å². The molecule has 2 bridgehead atoms. The van der Waals surface area contributed by atoms with E-state index in [1.54, 1.807) is 0 Å². The first kappa shape index (κ1) is 16.4. The summed E-state index contributed by atoms with van der Waals surface area (Å²) in [5, 5.41) is 11.6. The fourth-order valence-electron chi connectivity index (χ4n) is 3.69. The number of nitrogens with zero attached hydrogens (tertiary/aromatic N) is 1. The fraction of sp³-hybridized carbons (Fsp3) is 0.647. The topological polar surface area (TPSA) is 32.7 Å². The minimum atomic E-state index is -0.244. The third-order valence-corrected chi connectivity index (χ3v) is 5.34. The Morgan fingerprint density at radius 3 is 2.32 bits per heavy atom. The van der Waals surface area contributed by atoms with Crippen LogP contribution in [0.3, 0.4) is 0 Å². The lowest BCUT2D eigenvalue weighted by Gasteiger charge is -2.49. The van der Waals surface area contributed by atoms with Gasteiger partial charge in [0.1, 0.15) is 0 Å². The Balaban J connectivity index is 1.78. The molecule has 0 saturated carbocycles. The zero-order valence-electron chi connectivity index (χ0n) is 13.1. The maximum atomic E-state index is 10.5. The Kier molecular flexibility index (Phi) is 4.89. The molecule has 122 valence electrons. The van der Waals surface area contributed by atoms with Crippen molar-refractivity contribution in [2.45, 2.75) is 51.4 Å². The molecule has 3 aliphatic heterocycles. The number of rotatable bonds is 4. The summed E-state index contributed by atoms with van der Waals surface area (Å²) in [7, 11) is 0. The summed E-state index contributed by atoms with van der Waals surface area (Å²) in [4.78, 5) is 2.39. The van der Waals surface area contributed by atoms with Crippen molar-refractivity contribution < 1.29 is 9.84 Å². The molecule has 5 heteroatoms. The Bertz CT molecular complexity index is 516. The second-order valence-corrected chi connectivity index (χ2v) is 7.51. The van der Waals surface area contributed by atoms with Gasteiger partial charge in [0.2, 0.25) is 0 Å². The van der Waals surface area contributed by atoms with Crippen molar-refractivity contribution in [3.05, 3.63) is 27.7 Å². The van der Waals surface area contributed by atoms with Crippen LogP contribution in [0.25, 0.3) is 0 Å². The molecule has 3 fully saturated rings. The van der Waals surface area contributed by atoms with E-state index < -0.39 is 0 Å². The monoisotopic (exact) mass is 343 g/mol. The first-order valence-corrected chi connectivity index (χ1v) is 8.78. The average Bonchev–Trinajstić information content (AvgIpc) is 2.47. The number of hydrogen-bond acceptors (Lipinski definition) is 3. The van der Waals surface area contributed by atoms with E-state index >= 15 is 0 Å². The highest BCUT2D eigenvalue weighted by Crippen LogP contribution is 2.38. The molecule has 3 heterocycles. The molecule has 1 aromatic rings. The van der Waals surface area contributed by atoms with E-state index in [0.717, 1.165) is 37.9 Å². The molecule has 0 spiro atoms. The van der Waals surface area contributed by atoms with Gasteiger partial charge >= 0.3 is 0 Å². The molecule has 0 radical (unpaired) electrons. The maximum Gasteiger partial charge on any atom is 0.156 e. The second-order valence-electron chi connectivity index (χ2n) is 6.69. The highest BCUT2D eigenvalue weighted by Gasteiger charge is 2.41. The van der Waals surface area contributed by atoms with Crippen LogP contribution in [0.5, 0.6) is 5.75 Å². The van der Waals surface area contributed by atoms with Crippen LogP contribution in [0.1, 0.15) is 32.3 Å². The zero-order chi connectivity index (χ0) is 15.9. The van der Waals surface area contributed by atoms with Crippen LogP contribution in [0.2, 0.25) is 10.0 Å². The fourth-order valence-corrected chi connectivity index (χ4v) is 4.31. The summed E-state index contributed by atoms with van der Waals surface area (Å²) in [6.07, 6.45) is 2.79. The summed E-state index contributed by atoms with van der Waals surface area (Å²) in [5.74, 6) is 0.998. The van der Waals surface area contributed by atoms with E-state index in [9.17, 15) is 5.11 Å². The van der Waals surface area contributed by atoms with Gasteiger partial charge < -0.3 is 9.84 Å². The van der Waals surface area contributed by atoms with Crippen molar-refractivity contribution in [2.75, 3.05) is 13.1 Å². The summed E-state index contributed by atoms with van der Waals surface area (Å²) >= 11 is 12.7. The molecular weight excluding hydrogens is 321 g/mol. The maximum absolute atomic E-state index is 10.5. The quantitative estimate of drug-likeness (QED) is 0.902. The number of aliphatic hydroxyl groups is 1. The van der Waals surface area contributed by atoms with E-state index in [4.69, 9.17) is 27.9 Å². The lowest BCUT2D eigenvalue weighted by atomic mass is 9.78. The normalized spacial score (nSPS) is 30.8. The van der Waals surface area contributed by atoms with Gasteiger partial charge in [-0.25, -0.2) is 0 Å². The van der Waals surface area contributed by atoms with Gasteiger partial charge in [-0.3, -0.25) is 4.90 Å². The van der Waals surface area contributed by atoms with Gasteiger partial charge in [0.05, 0.1) is 22.3 Å². The first-order chi connectivity index (χ1) is 10.5. The molecule has 0 aliphatic carbocycles. The van der Waals surface area contributed by atoms with Crippen LogP contribution in [0.4, 0.5) is 0 Å². The molecule has 2 unspecified atom stereocenters. The number of piperidine rings is 3. The van der Waals surface area contributed by atoms with E-state index in [-0.39, 0.29) is 18.2 Å². The van der Waals surface area contributed by atoms with Gasteiger partial charge in [-0.1, -0.05) is 23.2 Å². The molecule has 2 atom stereocenters. The van der Waals surface area contributed by atoms with Crippen molar-refractivity contribution in [3.8, 4) is 5.75 Å². The highest BCUT2D eigenvalue weighted by molar-refractivity contribution is 6.37. The van der Waals surface area contributed by atoms with Gasteiger partial charge in [0.25, 0.3) is 0 Å².